The molecule has 0 saturated heterocycles. The third kappa shape index (κ3) is 4.82. The number of aromatic nitrogens is 1. The Bertz CT molecular complexity index is 1390. The molecule has 4 aromatic rings. The number of sulfone groups is 1. The van der Waals surface area contributed by atoms with E-state index in [9.17, 15) is 13.2 Å². The fourth-order valence-corrected chi connectivity index (χ4v) is 5.72. The van der Waals surface area contributed by atoms with Crippen molar-refractivity contribution in [3.05, 3.63) is 108 Å². The Kier molecular flexibility index (Phi) is 6.98. The topological polar surface area (TPSA) is 65.4 Å². The molecule has 0 atom stereocenters. The molecule has 0 aliphatic rings. The Hall–Kier alpha value is -3.64. The van der Waals surface area contributed by atoms with E-state index in [1.165, 1.54) is 0 Å². The average molecular weight is 474 g/mol. The van der Waals surface area contributed by atoms with Gasteiger partial charge in [-0.2, -0.15) is 0 Å². The van der Waals surface area contributed by atoms with E-state index in [1.807, 2.05) is 60.0 Å². The Morgan fingerprint density at radius 2 is 1.47 bits per heavy atom. The van der Waals surface area contributed by atoms with Gasteiger partial charge in [-0.3, -0.25) is 4.79 Å². The molecule has 0 amide bonds. The lowest BCUT2D eigenvalue weighted by Gasteiger charge is -2.14. The Labute approximate surface area is 200 Å². The Balaban J connectivity index is 1.81. The number of ether oxygens (including phenoxy) is 1. The normalized spacial score (nSPS) is 11.4. The first-order valence-corrected chi connectivity index (χ1v) is 12.7. The highest BCUT2D eigenvalue weighted by Crippen LogP contribution is 2.32. The second-order valence-electron chi connectivity index (χ2n) is 8.02. The minimum atomic E-state index is -3.68. The largest absolute Gasteiger partial charge is 0.465 e. The van der Waals surface area contributed by atoms with Crippen LogP contribution in [0.15, 0.2) is 101 Å². The summed E-state index contributed by atoms with van der Waals surface area (Å²) < 4.78 is 34.0. The summed E-state index contributed by atoms with van der Waals surface area (Å²) in [5.41, 5.74) is 4.40. The van der Waals surface area contributed by atoms with E-state index in [4.69, 9.17) is 4.74 Å². The van der Waals surface area contributed by atoms with Crippen molar-refractivity contribution in [2.45, 2.75) is 36.6 Å². The van der Waals surface area contributed by atoms with Gasteiger partial charge in [0.25, 0.3) is 0 Å². The third-order valence-electron chi connectivity index (χ3n) is 5.72. The molecular weight excluding hydrogens is 446 g/mol. The number of aryl methyl sites for hydroxylation is 1. The minimum absolute atomic E-state index is 0.0911. The van der Waals surface area contributed by atoms with Gasteiger partial charge < -0.3 is 9.30 Å². The monoisotopic (exact) mass is 473 g/mol. The molecule has 3 aromatic carbocycles. The molecule has 0 spiro atoms. The van der Waals surface area contributed by atoms with Gasteiger partial charge >= 0.3 is 5.97 Å². The van der Waals surface area contributed by atoms with E-state index >= 15 is 0 Å². The van der Waals surface area contributed by atoms with Crippen molar-refractivity contribution in [1.82, 2.24) is 4.57 Å². The van der Waals surface area contributed by atoms with Gasteiger partial charge in [0.05, 0.1) is 22.1 Å². The van der Waals surface area contributed by atoms with Crippen LogP contribution in [-0.2, 0) is 32.3 Å². The average Bonchev–Trinajstić information content (AvgIpc) is 3.14. The molecule has 174 valence electrons. The summed E-state index contributed by atoms with van der Waals surface area (Å²) in [4.78, 5) is 12.9. The third-order valence-corrected chi connectivity index (χ3v) is 7.59. The van der Waals surface area contributed by atoms with Crippen LogP contribution >= 0.6 is 0 Å². The quantitative estimate of drug-likeness (QED) is 0.319. The molecule has 0 N–H and O–H groups in total. The van der Waals surface area contributed by atoms with Crippen LogP contribution in [0, 0.1) is 6.92 Å². The summed E-state index contributed by atoms with van der Waals surface area (Å²) in [7, 11) is -3.68. The SMILES string of the molecule is CCOC(=O)Cn1c(C)cc(Cc2ccccc2S(=O)(=O)c2ccccc2)c1-c1ccccc1. The van der Waals surface area contributed by atoms with Crippen LogP contribution in [0.25, 0.3) is 11.3 Å². The lowest BCUT2D eigenvalue weighted by Crippen LogP contribution is -2.15. The first-order valence-electron chi connectivity index (χ1n) is 11.2. The van der Waals surface area contributed by atoms with Crippen molar-refractivity contribution in [1.29, 1.82) is 0 Å². The van der Waals surface area contributed by atoms with Crippen LogP contribution < -0.4 is 0 Å². The van der Waals surface area contributed by atoms with Crippen molar-refractivity contribution in [2.75, 3.05) is 6.61 Å². The predicted octanol–water partition coefficient (Wildman–Crippen LogP) is 5.45. The molecule has 0 aliphatic heterocycles. The molecule has 34 heavy (non-hydrogen) atoms. The van der Waals surface area contributed by atoms with Gasteiger partial charge in [-0.1, -0.05) is 66.7 Å². The number of benzene rings is 3. The van der Waals surface area contributed by atoms with Gasteiger partial charge in [0.15, 0.2) is 0 Å². The van der Waals surface area contributed by atoms with Gasteiger partial charge in [-0.25, -0.2) is 8.42 Å². The molecule has 1 aromatic heterocycles. The lowest BCUT2D eigenvalue weighted by molar-refractivity contribution is -0.143. The highest BCUT2D eigenvalue weighted by molar-refractivity contribution is 7.91. The van der Waals surface area contributed by atoms with Crippen LogP contribution in [0.5, 0.6) is 0 Å². The van der Waals surface area contributed by atoms with Crippen LogP contribution in [0.2, 0.25) is 0 Å². The van der Waals surface area contributed by atoms with Crippen LogP contribution in [-0.4, -0.2) is 25.6 Å². The lowest BCUT2D eigenvalue weighted by atomic mass is 10.0. The smallest absolute Gasteiger partial charge is 0.325 e. The van der Waals surface area contributed by atoms with E-state index in [1.54, 1.807) is 49.4 Å². The number of carbonyl (C=O) groups is 1. The highest BCUT2D eigenvalue weighted by Gasteiger charge is 2.23. The summed E-state index contributed by atoms with van der Waals surface area (Å²) >= 11 is 0. The van der Waals surface area contributed by atoms with Gasteiger partial charge in [-0.05, 0) is 54.8 Å². The number of carbonyl (C=O) groups excluding carboxylic acids is 1. The fourth-order valence-electron chi connectivity index (χ4n) is 4.20. The summed E-state index contributed by atoms with van der Waals surface area (Å²) in [6.45, 7) is 4.14. The minimum Gasteiger partial charge on any atom is -0.465 e. The van der Waals surface area contributed by atoms with Crippen molar-refractivity contribution in [2.24, 2.45) is 0 Å². The number of nitrogens with zero attached hydrogens (tertiary/aromatic N) is 1. The summed E-state index contributed by atoms with van der Waals surface area (Å²) in [5.74, 6) is -0.308. The van der Waals surface area contributed by atoms with Gasteiger partial charge in [0, 0.05) is 12.1 Å². The molecule has 0 unspecified atom stereocenters. The molecule has 0 bridgehead atoms. The molecule has 6 heteroatoms. The summed E-state index contributed by atoms with van der Waals surface area (Å²) in [5, 5.41) is 0. The highest BCUT2D eigenvalue weighted by atomic mass is 32.2. The van der Waals surface area contributed by atoms with Gasteiger partial charge in [0.2, 0.25) is 9.84 Å². The second-order valence-corrected chi connectivity index (χ2v) is 9.94. The van der Waals surface area contributed by atoms with Gasteiger partial charge in [-0.15, -0.1) is 0 Å². The predicted molar refractivity (Wildman–Crippen MR) is 132 cm³/mol. The molecule has 0 aliphatic carbocycles. The first kappa shape index (κ1) is 23.5. The zero-order valence-corrected chi connectivity index (χ0v) is 20.1. The van der Waals surface area contributed by atoms with Crippen LogP contribution in [0.4, 0.5) is 0 Å². The van der Waals surface area contributed by atoms with Crippen molar-refractivity contribution >= 4 is 15.8 Å². The molecule has 4 rings (SSSR count). The van der Waals surface area contributed by atoms with E-state index in [0.29, 0.717) is 18.6 Å². The maximum atomic E-state index is 13.4. The molecule has 0 fully saturated rings. The van der Waals surface area contributed by atoms with Crippen LogP contribution in [0.1, 0.15) is 23.7 Å². The van der Waals surface area contributed by atoms with Crippen molar-refractivity contribution < 1.29 is 17.9 Å². The molecule has 5 nitrogen and oxygen atoms in total. The summed E-state index contributed by atoms with van der Waals surface area (Å²) in [6, 6.07) is 27.4. The van der Waals surface area contributed by atoms with Crippen molar-refractivity contribution in [3.63, 3.8) is 0 Å². The molecule has 1 heterocycles. The zero-order valence-electron chi connectivity index (χ0n) is 19.3. The Morgan fingerprint density at radius 1 is 0.853 bits per heavy atom. The van der Waals surface area contributed by atoms with E-state index in [0.717, 1.165) is 22.5 Å². The first-order chi connectivity index (χ1) is 16.4. The second kappa shape index (κ2) is 10.1. The maximum Gasteiger partial charge on any atom is 0.325 e. The number of hydrogen-bond acceptors (Lipinski definition) is 4. The summed E-state index contributed by atoms with van der Waals surface area (Å²) in [6.07, 6.45) is 0.406. The zero-order chi connectivity index (χ0) is 24.1. The Morgan fingerprint density at radius 3 is 2.15 bits per heavy atom. The van der Waals surface area contributed by atoms with Crippen LogP contribution in [0.3, 0.4) is 0 Å². The molecule has 0 radical (unpaired) electrons. The number of hydrogen-bond donors (Lipinski definition) is 0. The number of esters is 1. The maximum absolute atomic E-state index is 13.4. The molecular formula is C28H27NO4S. The van der Waals surface area contributed by atoms with Gasteiger partial charge in [0.1, 0.15) is 6.54 Å². The van der Waals surface area contributed by atoms with E-state index in [-0.39, 0.29) is 22.3 Å². The van der Waals surface area contributed by atoms with Crippen molar-refractivity contribution in [3.8, 4) is 11.3 Å². The fraction of sp³-hybridized carbons (Fsp3) is 0.179. The van der Waals surface area contributed by atoms with E-state index in [2.05, 4.69) is 0 Å². The standard InChI is InChI=1S/C28H27NO4S/c1-3-33-27(30)20-29-21(2)18-24(28(29)22-12-6-4-7-13-22)19-23-14-10-11-17-26(23)34(31,32)25-15-8-5-9-16-25/h4-18H,3,19-20H2,1-2H3. The van der Waals surface area contributed by atoms with E-state index < -0.39 is 9.84 Å². The number of rotatable bonds is 8. The molecule has 0 saturated carbocycles.